The molecule has 1 atom stereocenters. The number of aliphatic carboxylic acids is 1. The van der Waals surface area contributed by atoms with Crippen molar-refractivity contribution in [2.24, 2.45) is 0 Å². The van der Waals surface area contributed by atoms with E-state index in [4.69, 9.17) is 15.5 Å². The van der Waals surface area contributed by atoms with Gasteiger partial charge < -0.3 is 15.5 Å². The van der Waals surface area contributed by atoms with Crippen LogP contribution in [0.5, 0.6) is 0 Å². The molecule has 0 spiro atoms. The van der Waals surface area contributed by atoms with Crippen LogP contribution in [0.15, 0.2) is 30.3 Å². The molecule has 3 N–H and O–H groups in total. The number of rotatable bonds is 6. The van der Waals surface area contributed by atoms with Crippen LogP contribution in [0.3, 0.4) is 0 Å². The fourth-order valence-electron chi connectivity index (χ4n) is 1.53. The second kappa shape index (κ2) is 7.76. The standard InChI is InChI=1S/C13H15N3O4/c14-7-4-8-16(10-5-2-1-3-6-10)13(20)15-11(9-17)12(18)19/h1-3,5-6,11,17H,4,8-9H2,(H,15,20)(H,18,19). The maximum Gasteiger partial charge on any atom is 0.328 e. The van der Waals surface area contributed by atoms with Crippen LogP contribution in [0.2, 0.25) is 0 Å². The number of carbonyl (C=O) groups excluding carboxylic acids is 1. The first kappa shape index (κ1) is 15.5. The number of aliphatic hydroxyl groups is 1. The Morgan fingerprint density at radius 3 is 2.50 bits per heavy atom. The first-order chi connectivity index (χ1) is 9.60. The predicted molar refractivity (Wildman–Crippen MR) is 71.1 cm³/mol. The van der Waals surface area contributed by atoms with Crippen molar-refractivity contribution in [3.63, 3.8) is 0 Å². The van der Waals surface area contributed by atoms with E-state index in [1.165, 1.54) is 4.90 Å². The van der Waals surface area contributed by atoms with Gasteiger partial charge in [0.25, 0.3) is 0 Å². The monoisotopic (exact) mass is 277 g/mol. The molecule has 7 nitrogen and oxygen atoms in total. The minimum absolute atomic E-state index is 0.110. The summed E-state index contributed by atoms with van der Waals surface area (Å²) in [6.07, 6.45) is 0.110. The molecule has 0 aliphatic carbocycles. The van der Waals surface area contributed by atoms with Crippen LogP contribution in [-0.4, -0.2) is 41.4 Å². The second-order valence-corrected chi connectivity index (χ2v) is 3.92. The zero-order valence-electron chi connectivity index (χ0n) is 10.7. The van der Waals surface area contributed by atoms with Crippen LogP contribution in [0.25, 0.3) is 0 Å². The summed E-state index contributed by atoms with van der Waals surface area (Å²) in [7, 11) is 0. The summed E-state index contributed by atoms with van der Waals surface area (Å²) in [5.41, 5.74) is 0.544. The molecule has 7 heteroatoms. The van der Waals surface area contributed by atoms with Crippen molar-refractivity contribution in [2.45, 2.75) is 12.5 Å². The van der Waals surface area contributed by atoms with E-state index in [2.05, 4.69) is 5.32 Å². The van der Waals surface area contributed by atoms with E-state index in [9.17, 15) is 9.59 Å². The van der Waals surface area contributed by atoms with Crippen molar-refractivity contribution in [3.8, 4) is 6.07 Å². The van der Waals surface area contributed by atoms with Gasteiger partial charge in [-0.05, 0) is 12.1 Å². The predicted octanol–water partition coefficient (Wildman–Crippen LogP) is 0.562. The lowest BCUT2D eigenvalue weighted by molar-refractivity contribution is -0.140. The molecule has 1 aromatic carbocycles. The van der Waals surface area contributed by atoms with Gasteiger partial charge in [0.2, 0.25) is 0 Å². The molecule has 2 amide bonds. The van der Waals surface area contributed by atoms with Gasteiger partial charge in [-0.15, -0.1) is 0 Å². The minimum Gasteiger partial charge on any atom is -0.480 e. The highest BCUT2D eigenvalue weighted by Gasteiger charge is 2.23. The summed E-state index contributed by atoms with van der Waals surface area (Å²) in [5.74, 6) is -1.32. The van der Waals surface area contributed by atoms with Gasteiger partial charge in [0.05, 0.1) is 19.1 Å². The number of nitrogens with one attached hydrogen (secondary N) is 1. The number of para-hydroxylation sites is 1. The van der Waals surface area contributed by atoms with E-state index in [0.717, 1.165) is 0 Å². The third-order valence-corrected chi connectivity index (χ3v) is 2.54. The number of benzene rings is 1. The normalized spacial score (nSPS) is 11.2. The van der Waals surface area contributed by atoms with Crippen molar-refractivity contribution in [1.29, 1.82) is 5.26 Å². The Labute approximate surface area is 116 Å². The number of nitrogens with zero attached hydrogens (tertiary/aromatic N) is 2. The van der Waals surface area contributed by atoms with Crippen molar-refractivity contribution in [3.05, 3.63) is 30.3 Å². The molecule has 0 bridgehead atoms. The van der Waals surface area contributed by atoms with E-state index in [0.29, 0.717) is 5.69 Å². The highest BCUT2D eigenvalue weighted by atomic mass is 16.4. The maximum absolute atomic E-state index is 12.1. The highest BCUT2D eigenvalue weighted by Crippen LogP contribution is 2.13. The van der Waals surface area contributed by atoms with Crippen molar-refractivity contribution >= 4 is 17.7 Å². The molecule has 106 valence electrons. The minimum atomic E-state index is -1.38. The molecule has 0 radical (unpaired) electrons. The topological polar surface area (TPSA) is 114 Å². The van der Waals surface area contributed by atoms with Gasteiger partial charge in [0.1, 0.15) is 0 Å². The third-order valence-electron chi connectivity index (χ3n) is 2.54. The lowest BCUT2D eigenvalue weighted by atomic mass is 10.2. The molecule has 0 saturated carbocycles. The number of anilines is 1. The zero-order chi connectivity index (χ0) is 15.0. The van der Waals surface area contributed by atoms with Gasteiger partial charge in [0.15, 0.2) is 6.04 Å². The third kappa shape index (κ3) is 4.26. The Balaban J connectivity index is 2.86. The molecule has 1 aromatic rings. The Kier molecular flexibility index (Phi) is 6.00. The summed E-state index contributed by atoms with van der Waals surface area (Å²) in [5, 5.41) is 28.5. The van der Waals surface area contributed by atoms with E-state index in [-0.39, 0.29) is 13.0 Å². The lowest BCUT2D eigenvalue weighted by Gasteiger charge is -2.23. The van der Waals surface area contributed by atoms with Gasteiger partial charge >= 0.3 is 12.0 Å². The van der Waals surface area contributed by atoms with Crippen LogP contribution in [0.1, 0.15) is 6.42 Å². The average molecular weight is 277 g/mol. The quantitative estimate of drug-likeness (QED) is 0.703. The fourth-order valence-corrected chi connectivity index (χ4v) is 1.53. The van der Waals surface area contributed by atoms with Gasteiger partial charge in [-0.3, -0.25) is 4.90 Å². The van der Waals surface area contributed by atoms with Crippen molar-refractivity contribution in [2.75, 3.05) is 18.1 Å². The summed E-state index contributed by atoms with van der Waals surface area (Å²) < 4.78 is 0. The molecule has 0 aromatic heterocycles. The van der Waals surface area contributed by atoms with Crippen molar-refractivity contribution in [1.82, 2.24) is 5.32 Å². The largest absolute Gasteiger partial charge is 0.480 e. The van der Waals surface area contributed by atoms with Crippen LogP contribution < -0.4 is 10.2 Å². The number of amides is 2. The van der Waals surface area contributed by atoms with Crippen LogP contribution >= 0.6 is 0 Å². The lowest BCUT2D eigenvalue weighted by Crippen LogP contribution is -2.50. The molecule has 1 rings (SSSR count). The first-order valence-electron chi connectivity index (χ1n) is 5.93. The number of carboxylic acids is 1. The molecule has 0 heterocycles. The van der Waals surface area contributed by atoms with Crippen LogP contribution in [0, 0.1) is 11.3 Å². The SMILES string of the molecule is N#CCCN(C(=O)NC(CO)C(=O)O)c1ccccc1. The Bertz CT molecular complexity index is 498. The molecule has 20 heavy (non-hydrogen) atoms. The number of carbonyl (C=O) groups is 2. The molecule has 1 unspecified atom stereocenters. The first-order valence-corrected chi connectivity index (χ1v) is 5.93. The molecular formula is C13H15N3O4. The molecule has 0 saturated heterocycles. The Hall–Kier alpha value is -2.59. The van der Waals surface area contributed by atoms with Gasteiger partial charge in [-0.2, -0.15) is 5.26 Å². The zero-order valence-corrected chi connectivity index (χ0v) is 10.7. The number of carboxylic acid groups (broad SMARTS) is 1. The highest BCUT2D eigenvalue weighted by molar-refractivity contribution is 5.94. The number of hydrogen-bond donors (Lipinski definition) is 3. The fraction of sp³-hybridized carbons (Fsp3) is 0.308. The Morgan fingerprint density at radius 2 is 2.00 bits per heavy atom. The van der Waals surface area contributed by atoms with E-state index in [1.54, 1.807) is 30.3 Å². The van der Waals surface area contributed by atoms with Gasteiger partial charge in [0, 0.05) is 12.2 Å². The number of nitriles is 1. The van der Waals surface area contributed by atoms with E-state index >= 15 is 0 Å². The maximum atomic E-state index is 12.1. The summed E-state index contributed by atoms with van der Waals surface area (Å²) in [6, 6.07) is 8.44. The van der Waals surface area contributed by atoms with Crippen molar-refractivity contribution < 1.29 is 19.8 Å². The van der Waals surface area contributed by atoms with E-state index in [1.807, 2.05) is 6.07 Å². The van der Waals surface area contributed by atoms with Gasteiger partial charge in [-0.1, -0.05) is 18.2 Å². The average Bonchev–Trinajstić information content (AvgIpc) is 2.46. The summed E-state index contributed by atoms with van der Waals surface area (Å²) in [4.78, 5) is 24.1. The van der Waals surface area contributed by atoms with E-state index < -0.39 is 24.6 Å². The Morgan fingerprint density at radius 1 is 1.35 bits per heavy atom. The van der Waals surface area contributed by atoms with Crippen LogP contribution in [-0.2, 0) is 4.79 Å². The number of aliphatic hydroxyl groups excluding tert-OH is 1. The summed E-state index contributed by atoms with van der Waals surface area (Å²) >= 11 is 0. The smallest absolute Gasteiger partial charge is 0.328 e. The number of hydrogen-bond acceptors (Lipinski definition) is 4. The molecular weight excluding hydrogens is 262 g/mol. The molecule has 0 aliphatic rings. The van der Waals surface area contributed by atoms with Crippen LogP contribution in [0.4, 0.5) is 10.5 Å². The number of urea groups is 1. The molecule has 0 aliphatic heterocycles. The summed E-state index contributed by atoms with van der Waals surface area (Å²) in [6.45, 7) is -0.577. The second-order valence-electron chi connectivity index (χ2n) is 3.92. The van der Waals surface area contributed by atoms with Gasteiger partial charge in [-0.25, -0.2) is 9.59 Å². The molecule has 0 fully saturated rings.